The number of hydrogen-bond acceptors (Lipinski definition) is 6. The van der Waals surface area contributed by atoms with Gasteiger partial charge in [0.15, 0.2) is 5.69 Å². The van der Waals surface area contributed by atoms with Crippen molar-refractivity contribution in [3.05, 3.63) is 45.8 Å². The van der Waals surface area contributed by atoms with Gasteiger partial charge in [0.25, 0.3) is 0 Å². The predicted molar refractivity (Wildman–Crippen MR) is 74.5 cm³/mol. The van der Waals surface area contributed by atoms with Crippen LogP contribution in [0.3, 0.4) is 0 Å². The Kier molecular flexibility index (Phi) is 4.69. The van der Waals surface area contributed by atoms with Crippen LogP contribution in [0.5, 0.6) is 0 Å². The Morgan fingerprint density at radius 2 is 2.00 bits per heavy atom. The summed E-state index contributed by atoms with van der Waals surface area (Å²) in [5.74, 6) is -1.73. The van der Waals surface area contributed by atoms with E-state index in [-0.39, 0.29) is 16.3 Å². The van der Waals surface area contributed by atoms with E-state index < -0.39 is 11.9 Å². The third kappa shape index (κ3) is 2.98. The quantitative estimate of drug-likeness (QED) is 0.485. The second-order valence-electron chi connectivity index (χ2n) is 3.50. The molecule has 0 radical (unpaired) electrons. The van der Waals surface area contributed by atoms with Gasteiger partial charge in [0.2, 0.25) is 0 Å². The summed E-state index contributed by atoms with van der Waals surface area (Å²) >= 11 is 13.1. The molecule has 1 aromatic heterocycles. The maximum absolute atomic E-state index is 12.0. The van der Waals surface area contributed by atoms with Crippen molar-refractivity contribution in [2.45, 2.75) is 4.90 Å². The van der Waals surface area contributed by atoms with E-state index in [9.17, 15) is 9.59 Å². The average molecular weight is 332 g/mol. The Bertz CT molecular complexity index is 658. The van der Waals surface area contributed by atoms with Crippen LogP contribution in [0.25, 0.3) is 0 Å². The van der Waals surface area contributed by atoms with E-state index in [4.69, 9.17) is 27.9 Å². The molecule has 0 fully saturated rings. The van der Waals surface area contributed by atoms with Crippen molar-refractivity contribution in [2.75, 3.05) is 6.26 Å². The summed E-state index contributed by atoms with van der Waals surface area (Å²) in [7, 11) is 0. The van der Waals surface area contributed by atoms with E-state index in [0.29, 0.717) is 9.92 Å². The molecule has 0 N–H and O–H groups in total. The fraction of sp³-hybridized carbons (Fsp3) is 0.0833. The average Bonchev–Trinajstić information content (AvgIpc) is 2.95. The van der Waals surface area contributed by atoms with Gasteiger partial charge in [-0.25, -0.2) is 9.59 Å². The maximum Gasteiger partial charge on any atom is 0.368 e. The van der Waals surface area contributed by atoms with Gasteiger partial charge in [0, 0.05) is 11.0 Å². The molecule has 0 saturated carbocycles. The first kappa shape index (κ1) is 14.9. The van der Waals surface area contributed by atoms with Gasteiger partial charge < -0.3 is 9.26 Å². The molecular weight excluding hydrogens is 325 g/mol. The molecule has 0 amide bonds. The molecular formula is C12H7Cl2NO4S. The Morgan fingerprint density at radius 1 is 1.25 bits per heavy atom. The maximum atomic E-state index is 12.0. The molecule has 104 valence electrons. The molecule has 0 unspecified atom stereocenters. The van der Waals surface area contributed by atoms with Crippen LogP contribution in [0.4, 0.5) is 0 Å². The van der Waals surface area contributed by atoms with Gasteiger partial charge in [-0.05, 0) is 18.4 Å². The number of nitrogens with zero attached hydrogens (tertiary/aromatic N) is 1. The number of thioether (sulfide) groups is 1. The predicted octanol–water partition coefficient (Wildman–Crippen LogP) is 3.70. The van der Waals surface area contributed by atoms with E-state index in [0.717, 1.165) is 0 Å². The summed E-state index contributed by atoms with van der Waals surface area (Å²) < 4.78 is 9.20. The zero-order chi connectivity index (χ0) is 14.7. The van der Waals surface area contributed by atoms with E-state index in [1.165, 1.54) is 36.2 Å². The van der Waals surface area contributed by atoms with Crippen LogP contribution in [0.15, 0.2) is 33.9 Å². The third-order valence-corrected chi connectivity index (χ3v) is 4.06. The number of ether oxygens (including phenoxy) is 1. The van der Waals surface area contributed by atoms with Crippen molar-refractivity contribution in [3.8, 4) is 0 Å². The van der Waals surface area contributed by atoms with E-state index in [1.807, 2.05) is 0 Å². The molecule has 2 aromatic rings. The number of hydrogen-bond donors (Lipinski definition) is 0. The number of rotatable bonds is 3. The smallest absolute Gasteiger partial charge is 0.368 e. The van der Waals surface area contributed by atoms with Crippen LogP contribution in [0.2, 0.25) is 10.0 Å². The zero-order valence-corrected chi connectivity index (χ0v) is 12.4. The number of esters is 2. The molecule has 8 heteroatoms. The molecule has 1 aromatic carbocycles. The zero-order valence-electron chi connectivity index (χ0n) is 10.1. The molecule has 0 atom stereocenters. The second kappa shape index (κ2) is 6.30. The Balaban J connectivity index is 2.26. The summed E-state index contributed by atoms with van der Waals surface area (Å²) in [4.78, 5) is 24.0. The van der Waals surface area contributed by atoms with Crippen molar-refractivity contribution >= 4 is 46.9 Å². The van der Waals surface area contributed by atoms with E-state index in [2.05, 4.69) is 9.68 Å². The van der Waals surface area contributed by atoms with E-state index in [1.54, 1.807) is 6.26 Å². The monoisotopic (exact) mass is 331 g/mol. The van der Waals surface area contributed by atoms with Crippen LogP contribution in [0.1, 0.15) is 20.8 Å². The highest BCUT2D eigenvalue weighted by Gasteiger charge is 2.21. The largest absolute Gasteiger partial charge is 0.384 e. The van der Waals surface area contributed by atoms with Crippen molar-refractivity contribution in [2.24, 2.45) is 0 Å². The SMILES string of the molecule is CSc1c(C(=O)OC(=O)c2ccon2)ccc(Cl)c1Cl. The van der Waals surface area contributed by atoms with Crippen LogP contribution in [0, 0.1) is 0 Å². The van der Waals surface area contributed by atoms with Crippen LogP contribution < -0.4 is 0 Å². The molecule has 0 spiro atoms. The van der Waals surface area contributed by atoms with Gasteiger partial charge in [-0.2, -0.15) is 0 Å². The summed E-state index contributed by atoms with van der Waals surface area (Å²) in [6.07, 6.45) is 2.93. The Morgan fingerprint density at radius 3 is 2.60 bits per heavy atom. The van der Waals surface area contributed by atoms with Gasteiger partial charge in [0.1, 0.15) is 6.26 Å². The first-order valence-electron chi connectivity index (χ1n) is 5.23. The van der Waals surface area contributed by atoms with Crippen LogP contribution >= 0.6 is 35.0 Å². The first-order chi connectivity index (χ1) is 9.54. The topological polar surface area (TPSA) is 69.4 Å². The summed E-state index contributed by atoms with van der Waals surface area (Å²) in [5, 5.41) is 3.94. The molecule has 0 bridgehead atoms. The highest BCUT2D eigenvalue weighted by atomic mass is 35.5. The highest BCUT2D eigenvalue weighted by Crippen LogP contribution is 2.35. The second-order valence-corrected chi connectivity index (χ2v) is 5.11. The molecule has 0 aliphatic carbocycles. The third-order valence-electron chi connectivity index (χ3n) is 2.31. The van der Waals surface area contributed by atoms with Crippen molar-refractivity contribution in [3.63, 3.8) is 0 Å². The minimum absolute atomic E-state index is 0.0934. The molecule has 0 saturated heterocycles. The number of aromatic nitrogens is 1. The summed E-state index contributed by atoms with van der Waals surface area (Å²) in [6.45, 7) is 0. The van der Waals surface area contributed by atoms with Gasteiger partial charge in [-0.15, -0.1) is 11.8 Å². The number of benzene rings is 1. The lowest BCUT2D eigenvalue weighted by Gasteiger charge is -2.08. The lowest BCUT2D eigenvalue weighted by atomic mass is 10.2. The number of carbonyl (C=O) groups is 2. The number of halogens is 2. The molecule has 1 heterocycles. The van der Waals surface area contributed by atoms with Gasteiger partial charge in [0.05, 0.1) is 15.6 Å². The minimum atomic E-state index is -0.901. The Hall–Kier alpha value is -1.50. The van der Waals surface area contributed by atoms with Crippen LogP contribution in [-0.4, -0.2) is 23.4 Å². The van der Waals surface area contributed by atoms with Gasteiger partial charge in [-0.3, -0.25) is 0 Å². The highest BCUT2D eigenvalue weighted by molar-refractivity contribution is 7.98. The summed E-state index contributed by atoms with van der Waals surface area (Å²) in [6, 6.07) is 4.19. The first-order valence-corrected chi connectivity index (χ1v) is 7.21. The lowest BCUT2D eigenvalue weighted by Crippen LogP contribution is -2.14. The van der Waals surface area contributed by atoms with Gasteiger partial charge >= 0.3 is 11.9 Å². The molecule has 20 heavy (non-hydrogen) atoms. The van der Waals surface area contributed by atoms with Gasteiger partial charge in [-0.1, -0.05) is 28.4 Å². The minimum Gasteiger partial charge on any atom is -0.384 e. The van der Waals surface area contributed by atoms with Crippen molar-refractivity contribution in [1.29, 1.82) is 0 Å². The van der Waals surface area contributed by atoms with Crippen LogP contribution in [-0.2, 0) is 4.74 Å². The fourth-order valence-corrected chi connectivity index (χ4v) is 2.67. The molecule has 0 aliphatic heterocycles. The fourth-order valence-electron chi connectivity index (χ4n) is 1.40. The lowest BCUT2D eigenvalue weighted by molar-refractivity contribution is 0.0388. The van der Waals surface area contributed by atoms with E-state index >= 15 is 0 Å². The Labute approximate surface area is 128 Å². The summed E-state index contributed by atoms with van der Waals surface area (Å²) in [5.41, 5.74) is 0.0628. The number of carbonyl (C=O) groups excluding carboxylic acids is 2. The standard InChI is InChI=1S/C12H7Cl2NO4S/c1-20-10-6(2-3-7(13)9(10)14)11(16)19-12(17)8-4-5-18-15-8/h2-5H,1H3. The molecule has 5 nitrogen and oxygen atoms in total. The normalized spacial score (nSPS) is 10.3. The van der Waals surface area contributed by atoms with Crippen molar-refractivity contribution in [1.82, 2.24) is 5.16 Å². The molecule has 0 aliphatic rings. The van der Waals surface area contributed by atoms with Crippen molar-refractivity contribution < 1.29 is 18.8 Å². The molecule has 2 rings (SSSR count).